The maximum Gasteiger partial charge on any atom is 0.194 e. The van der Waals surface area contributed by atoms with E-state index < -0.39 is 6.10 Å². The fourth-order valence-corrected chi connectivity index (χ4v) is 3.81. The number of nitrogens with zero attached hydrogens (tertiary/aromatic N) is 2. The van der Waals surface area contributed by atoms with E-state index in [0.29, 0.717) is 11.5 Å². The molecule has 2 heterocycles. The second-order valence-electron chi connectivity index (χ2n) is 7.33. The normalized spacial score (nSPS) is 23.7. The molecular formula is C20H31N3O4. The van der Waals surface area contributed by atoms with Gasteiger partial charge < -0.3 is 29.5 Å². The third-order valence-electron chi connectivity index (χ3n) is 5.43. The highest BCUT2D eigenvalue weighted by Gasteiger charge is 2.42. The molecule has 1 aromatic carbocycles. The fourth-order valence-electron chi connectivity index (χ4n) is 3.81. The highest BCUT2D eigenvalue weighted by molar-refractivity contribution is 5.80. The van der Waals surface area contributed by atoms with Crippen LogP contribution in [0.25, 0.3) is 0 Å². The zero-order valence-corrected chi connectivity index (χ0v) is 16.5. The summed E-state index contributed by atoms with van der Waals surface area (Å²) in [5.74, 6) is 2.17. The van der Waals surface area contributed by atoms with Crippen LogP contribution in [0.1, 0.15) is 31.4 Å². The molecule has 2 fully saturated rings. The van der Waals surface area contributed by atoms with Crippen molar-refractivity contribution in [1.29, 1.82) is 0 Å². The first-order valence-electron chi connectivity index (χ1n) is 9.61. The Morgan fingerprint density at radius 3 is 2.63 bits per heavy atom. The van der Waals surface area contributed by atoms with Crippen LogP contribution in [0.4, 0.5) is 0 Å². The van der Waals surface area contributed by atoms with Gasteiger partial charge in [-0.2, -0.15) is 0 Å². The predicted octanol–water partition coefficient (Wildman–Crippen LogP) is 1.82. The lowest BCUT2D eigenvalue weighted by Gasteiger charge is -2.25. The third kappa shape index (κ3) is 4.65. The lowest BCUT2D eigenvalue weighted by molar-refractivity contribution is 0.156. The standard InChI is InChI=1S/C20H31N3O4/c1-4-21-19(23-7-5-20(13-23)6-8-27-14-20)22-12-18(24)15-9-16(25-2)11-17(10-15)26-3/h9-11,18,24H,4-8,12-14H2,1-3H3,(H,21,22). The third-order valence-corrected chi connectivity index (χ3v) is 5.43. The Morgan fingerprint density at radius 2 is 2.04 bits per heavy atom. The van der Waals surface area contributed by atoms with Gasteiger partial charge in [-0.05, 0) is 37.5 Å². The molecule has 3 rings (SSSR count). The Kier molecular flexibility index (Phi) is 6.44. The summed E-state index contributed by atoms with van der Waals surface area (Å²) in [5.41, 5.74) is 1.00. The first-order chi connectivity index (χ1) is 13.1. The first-order valence-corrected chi connectivity index (χ1v) is 9.61. The van der Waals surface area contributed by atoms with Crippen molar-refractivity contribution in [3.05, 3.63) is 23.8 Å². The van der Waals surface area contributed by atoms with Gasteiger partial charge in [0.05, 0.1) is 33.5 Å². The number of aliphatic hydroxyl groups excluding tert-OH is 1. The smallest absolute Gasteiger partial charge is 0.194 e. The SMILES string of the molecule is CCNC(=NCC(O)c1cc(OC)cc(OC)c1)N1CCC2(CCOC2)C1. The summed E-state index contributed by atoms with van der Waals surface area (Å²) in [6, 6.07) is 5.42. The Hall–Kier alpha value is -1.99. The van der Waals surface area contributed by atoms with Gasteiger partial charge in [0.15, 0.2) is 5.96 Å². The highest BCUT2D eigenvalue weighted by atomic mass is 16.5. The number of hydrogen-bond acceptors (Lipinski definition) is 5. The average molecular weight is 377 g/mol. The predicted molar refractivity (Wildman–Crippen MR) is 105 cm³/mol. The molecule has 2 aliphatic rings. The highest BCUT2D eigenvalue weighted by Crippen LogP contribution is 2.38. The van der Waals surface area contributed by atoms with Gasteiger partial charge in [0.2, 0.25) is 0 Å². The van der Waals surface area contributed by atoms with E-state index in [0.717, 1.165) is 57.2 Å². The number of likely N-dealkylation sites (tertiary alicyclic amines) is 1. The number of ether oxygens (including phenoxy) is 3. The van der Waals surface area contributed by atoms with Crippen LogP contribution in [-0.4, -0.2) is 69.6 Å². The molecule has 2 unspecified atom stereocenters. The van der Waals surface area contributed by atoms with Crippen LogP contribution in [0.5, 0.6) is 11.5 Å². The summed E-state index contributed by atoms with van der Waals surface area (Å²) in [5, 5.41) is 14.0. The number of hydrogen-bond donors (Lipinski definition) is 2. The quantitative estimate of drug-likeness (QED) is 0.582. The molecule has 7 nitrogen and oxygen atoms in total. The van der Waals surface area contributed by atoms with Gasteiger partial charge in [-0.1, -0.05) is 0 Å². The number of rotatable bonds is 6. The Morgan fingerprint density at radius 1 is 1.30 bits per heavy atom. The molecule has 2 aliphatic heterocycles. The van der Waals surface area contributed by atoms with E-state index >= 15 is 0 Å². The van der Waals surface area contributed by atoms with Crippen molar-refractivity contribution in [2.75, 3.05) is 53.6 Å². The van der Waals surface area contributed by atoms with Crippen molar-refractivity contribution in [1.82, 2.24) is 10.2 Å². The Bertz CT molecular complexity index is 636. The summed E-state index contributed by atoms with van der Waals surface area (Å²) in [6.45, 7) is 6.76. The van der Waals surface area contributed by atoms with E-state index in [1.807, 2.05) is 12.1 Å². The largest absolute Gasteiger partial charge is 0.497 e. The number of benzene rings is 1. The topological polar surface area (TPSA) is 75.6 Å². The van der Waals surface area contributed by atoms with Gasteiger partial charge in [-0.15, -0.1) is 0 Å². The monoisotopic (exact) mass is 377 g/mol. The van der Waals surface area contributed by atoms with Crippen molar-refractivity contribution >= 4 is 5.96 Å². The maximum atomic E-state index is 10.6. The molecule has 1 aromatic rings. The van der Waals surface area contributed by atoms with Crippen LogP contribution in [-0.2, 0) is 4.74 Å². The molecule has 27 heavy (non-hydrogen) atoms. The lowest BCUT2D eigenvalue weighted by Crippen LogP contribution is -2.41. The second-order valence-corrected chi connectivity index (χ2v) is 7.33. The molecule has 2 atom stereocenters. The average Bonchev–Trinajstić information content (AvgIpc) is 3.34. The van der Waals surface area contributed by atoms with Crippen molar-refractivity contribution < 1.29 is 19.3 Å². The van der Waals surface area contributed by atoms with E-state index in [1.165, 1.54) is 0 Å². The van der Waals surface area contributed by atoms with E-state index in [9.17, 15) is 5.11 Å². The summed E-state index contributed by atoms with van der Waals surface area (Å²) in [7, 11) is 3.20. The number of nitrogens with one attached hydrogen (secondary N) is 1. The number of methoxy groups -OCH3 is 2. The molecule has 1 spiro atoms. The minimum absolute atomic E-state index is 0.273. The van der Waals surface area contributed by atoms with Crippen LogP contribution in [0, 0.1) is 5.41 Å². The van der Waals surface area contributed by atoms with Gasteiger partial charge in [0.25, 0.3) is 0 Å². The van der Waals surface area contributed by atoms with Crippen LogP contribution in [0.3, 0.4) is 0 Å². The van der Waals surface area contributed by atoms with E-state index in [1.54, 1.807) is 20.3 Å². The van der Waals surface area contributed by atoms with Gasteiger partial charge in [-0.3, -0.25) is 4.99 Å². The van der Waals surface area contributed by atoms with E-state index in [2.05, 4.69) is 17.1 Å². The minimum Gasteiger partial charge on any atom is -0.497 e. The van der Waals surface area contributed by atoms with Crippen LogP contribution in [0.2, 0.25) is 0 Å². The van der Waals surface area contributed by atoms with Gasteiger partial charge in [0.1, 0.15) is 11.5 Å². The lowest BCUT2D eigenvalue weighted by atomic mass is 9.87. The van der Waals surface area contributed by atoms with E-state index in [4.69, 9.17) is 19.2 Å². The van der Waals surface area contributed by atoms with Gasteiger partial charge in [-0.25, -0.2) is 0 Å². The molecule has 150 valence electrons. The minimum atomic E-state index is -0.728. The van der Waals surface area contributed by atoms with Crippen LogP contribution < -0.4 is 14.8 Å². The van der Waals surface area contributed by atoms with Crippen molar-refractivity contribution in [2.45, 2.75) is 25.9 Å². The number of aliphatic imine (C=N–C) groups is 1. The van der Waals surface area contributed by atoms with Crippen LogP contribution in [0.15, 0.2) is 23.2 Å². The molecule has 0 aromatic heterocycles. The molecule has 0 aliphatic carbocycles. The summed E-state index contributed by atoms with van der Waals surface area (Å²) in [4.78, 5) is 6.99. The molecule has 0 bridgehead atoms. The fraction of sp³-hybridized carbons (Fsp3) is 0.650. The molecule has 2 N–H and O–H groups in total. The molecule has 0 radical (unpaired) electrons. The molecular weight excluding hydrogens is 346 g/mol. The van der Waals surface area contributed by atoms with Gasteiger partial charge in [0, 0.05) is 37.7 Å². The second kappa shape index (κ2) is 8.80. The number of guanidine groups is 1. The summed E-state index contributed by atoms with van der Waals surface area (Å²) >= 11 is 0. The summed E-state index contributed by atoms with van der Waals surface area (Å²) < 4.78 is 16.2. The molecule has 0 saturated carbocycles. The zero-order valence-electron chi connectivity index (χ0n) is 16.5. The van der Waals surface area contributed by atoms with Crippen LogP contribution >= 0.6 is 0 Å². The van der Waals surface area contributed by atoms with Crippen molar-refractivity contribution in [3.8, 4) is 11.5 Å². The first kappa shape index (κ1) is 19.8. The maximum absolute atomic E-state index is 10.6. The van der Waals surface area contributed by atoms with Gasteiger partial charge >= 0.3 is 0 Å². The summed E-state index contributed by atoms with van der Waals surface area (Å²) in [6.07, 6.45) is 1.52. The number of aliphatic hydroxyl groups is 1. The molecule has 7 heteroatoms. The molecule has 2 saturated heterocycles. The van der Waals surface area contributed by atoms with E-state index in [-0.39, 0.29) is 12.0 Å². The van der Waals surface area contributed by atoms with Crippen molar-refractivity contribution in [2.24, 2.45) is 10.4 Å². The zero-order chi connectivity index (χ0) is 19.3. The van der Waals surface area contributed by atoms with Crippen molar-refractivity contribution in [3.63, 3.8) is 0 Å². The Balaban J connectivity index is 1.69. The Labute approximate surface area is 161 Å². The molecule has 0 amide bonds.